The van der Waals surface area contributed by atoms with Crippen LogP contribution in [0.25, 0.3) is 0 Å². The molecule has 0 aliphatic rings. The van der Waals surface area contributed by atoms with Gasteiger partial charge in [-0.3, -0.25) is 0 Å². The molecule has 0 heterocycles. The summed E-state index contributed by atoms with van der Waals surface area (Å²) >= 11 is 7.81. The molecule has 0 saturated heterocycles. The molecule has 1 atom stereocenters. The fourth-order valence-electron chi connectivity index (χ4n) is 1.84. The normalized spacial score (nSPS) is 13.6. The first-order chi connectivity index (χ1) is 9.84. The van der Waals surface area contributed by atoms with Gasteiger partial charge in [-0.2, -0.15) is 16.1 Å². The Kier molecular flexibility index (Phi) is 7.50. The fourth-order valence-corrected chi connectivity index (χ4v) is 4.34. The number of hydrogen-bond acceptors (Lipinski definition) is 4. The third-order valence-corrected chi connectivity index (χ3v) is 6.43. The monoisotopic (exact) mass is 350 g/mol. The first-order valence-electron chi connectivity index (χ1n) is 6.80. The molecule has 1 N–H and O–H groups in total. The Bertz CT molecular complexity index is 564. The lowest BCUT2D eigenvalue weighted by molar-refractivity contribution is 0.415. The molecule has 1 aromatic carbocycles. The van der Waals surface area contributed by atoms with Crippen LogP contribution < -0.4 is 5.32 Å². The number of sulfonamides is 1. The number of nitrogens with zero attached hydrogens (tertiary/aromatic N) is 1. The largest absolute Gasteiger partial charge is 0.313 e. The van der Waals surface area contributed by atoms with Crippen LogP contribution in [0.2, 0.25) is 5.02 Å². The molecule has 0 aliphatic heterocycles. The summed E-state index contributed by atoms with van der Waals surface area (Å²) in [6.45, 7) is 5.38. The van der Waals surface area contributed by atoms with Gasteiger partial charge in [-0.15, -0.1) is 0 Å². The van der Waals surface area contributed by atoms with Crippen molar-refractivity contribution in [1.29, 1.82) is 0 Å². The number of nitrogens with one attached hydrogen (secondary N) is 1. The van der Waals surface area contributed by atoms with E-state index in [1.807, 2.05) is 20.1 Å². The van der Waals surface area contributed by atoms with Crippen LogP contribution in [0.15, 0.2) is 23.1 Å². The summed E-state index contributed by atoms with van der Waals surface area (Å²) in [5.41, 5.74) is 0.900. The van der Waals surface area contributed by atoms with Gasteiger partial charge in [0.25, 0.3) is 0 Å². The third kappa shape index (κ3) is 4.86. The van der Waals surface area contributed by atoms with Crippen LogP contribution in [0.5, 0.6) is 0 Å². The van der Waals surface area contributed by atoms with Crippen molar-refractivity contribution in [2.45, 2.75) is 31.3 Å². The van der Waals surface area contributed by atoms with Gasteiger partial charge >= 0.3 is 0 Å². The highest BCUT2D eigenvalue weighted by atomic mass is 35.5. The number of halogens is 1. The predicted molar refractivity (Wildman–Crippen MR) is 91.6 cm³/mol. The van der Waals surface area contributed by atoms with Crippen molar-refractivity contribution in [2.75, 3.05) is 25.6 Å². The quantitative estimate of drug-likeness (QED) is 0.783. The van der Waals surface area contributed by atoms with Gasteiger partial charge in [0.05, 0.1) is 4.90 Å². The second-order valence-electron chi connectivity index (χ2n) is 4.86. The minimum atomic E-state index is -3.51. The first-order valence-corrected chi connectivity index (χ1v) is 10.0. The maximum atomic E-state index is 12.6. The summed E-state index contributed by atoms with van der Waals surface area (Å²) in [5.74, 6) is 0.752. The predicted octanol–water partition coefficient (Wildman–Crippen LogP) is 2.82. The van der Waals surface area contributed by atoms with Gasteiger partial charge in [-0.05, 0) is 37.4 Å². The second-order valence-corrected chi connectivity index (χ2v) is 8.17. The lowest BCUT2D eigenvalue weighted by Gasteiger charge is -2.24. The summed E-state index contributed by atoms with van der Waals surface area (Å²) in [6.07, 6.45) is 1.96. The van der Waals surface area contributed by atoms with Gasteiger partial charge < -0.3 is 5.32 Å². The summed E-state index contributed by atoms with van der Waals surface area (Å²) < 4.78 is 26.5. The molecule has 0 saturated carbocycles. The molecular weight excluding hydrogens is 328 g/mol. The topological polar surface area (TPSA) is 49.4 Å². The molecule has 0 fully saturated rings. The molecule has 0 bridgehead atoms. The van der Waals surface area contributed by atoms with E-state index in [9.17, 15) is 8.42 Å². The van der Waals surface area contributed by atoms with Crippen molar-refractivity contribution in [2.24, 2.45) is 0 Å². The molecule has 1 aromatic rings. The molecule has 1 unspecified atom stereocenters. The van der Waals surface area contributed by atoms with E-state index < -0.39 is 10.0 Å². The van der Waals surface area contributed by atoms with Gasteiger partial charge in [0.15, 0.2) is 0 Å². The zero-order valence-electron chi connectivity index (χ0n) is 12.9. The summed E-state index contributed by atoms with van der Waals surface area (Å²) in [7, 11) is -1.90. The van der Waals surface area contributed by atoms with Crippen molar-refractivity contribution in [3.8, 4) is 0 Å². The molecule has 4 nitrogen and oxygen atoms in total. The Labute approximate surface area is 137 Å². The van der Waals surface area contributed by atoms with E-state index >= 15 is 0 Å². The van der Waals surface area contributed by atoms with Crippen LogP contribution in [-0.2, 0) is 16.6 Å². The molecule has 0 radical (unpaired) electrons. The van der Waals surface area contributed by atoms with E-state index in [-0.39, 0.29) is 10.9 Å². The Hall–Kier alpha value is -0.270. The molecule has 0 amide bonds. The molecule has 7 heteroatoms. The molecule has 0 aromatic heterocycles. The number of thioether (sulfide) groups is 1. The molecule has 0 spiro atoms. The number of rotatable bonds is 8. The molecule has 21 heavy (non-hydrogen) atoms. The maximum absolute atomic E-state index is 12.6. The fraction of sp³-hybridized carbons (Fsp3) is 0.571. The highest BCUT2D eigenvalue weighted by Crippen LogP contribution is 2.24. The number of benzene rings is 1. The summed E-state index contributed by atoms with van der Waals surface area (Å²) in [5, 5.41) is 3.65. The minimum Gasteiger partial charge on any atom is -0.313 e. The van der Waals surface area contributed by atoms with Crippen molar-refractivity contribution in [3.05, 3.63) is 28.8 Å². The van der Waals surface area contributed by atoms with E-state index in [2.05, 4.69) is 5.32 Å². The van der Waals surface area contributed by atoms with Crippen LogP contribution in [0.4, 0.5) is 0 Å². The summed E-state index contributed by atoms with van der Waals surface area (Å²) in [4.78, 5) is 0.239. The van der Waals surface area contributed by atoms with Gasteiger partial charge in [-0.1, -0.05) is 24.6 Å². The lowest BCUT2D eigenvalue weighted by Crippen LogP contribution is -2.36. The zero-order chi connectivity index (χ0) is 16.0. The van der Waals surface area contributed by atoms with Crippen LogP contribution >= 0.6 is 23.4 Å². The van der Waals surface area contributed by atoms with Crippen LogP contribution in [0.1, 0.15) is 19.4 Å². The van der Waals surface area contributed by atoms with E-state index in [4.69, 9.17) is 11.6 Å². The molecular formula is C14H23ClN2O2S2. The average Bonchev–Trinajstić information content (AvgIpc) is 2.45. The highest BCUT2D eigenvalue weighted by molar-refractivity contribution is 7.98. The maximum Gasteiger partial charge on any atom is 0.243 e. The zero-order valence-corrected chi connectivity index (χ0v) is 15.3. The highest BCUT2D eigenvalue weighted by Gasteiger charge is 2.25. The van der Waals surface area contributed by atoms with Crippen molar-refractivity contribution in [3.63, 3.8) is 0 Å². The van der Waals surface area contributed by atoms with Crippen molar-refractivity contribution >= 4 is 33.4 Å². The van der Waals surface area contributed by atoms with Crippen molar-refractivity contribution in [1.82, 2.24) is 9.62 Å². The smallest absolute Gasteiger partial charge is 0.243 e. The van der Waals surface area contributed by atoms with E-state index in [0.29, 0.717) is 11.6 Å². The van der Waals surface area contributed by atoms with Crippen LogP contribution in [0, 0.1) is 0 Å². The van der Waals surface area contributed by atoms with Crippen molar-refractivity contribution < 1.29 is 8.42 Å². The first kappa shape index (κ1) is 18.8. The molecule has 120 valence electrons. The number of hydrogen-bond donors (Lipinski definition) is 1. The van der Waals surface area contributed by atoms with E-state index in [1.54, 1.807) is 30.9 Å². The Morgan fingerprint density at radius 1 is 1.43 bits per heavy atom. The van der Waals surface area contributed by atoms with Crippen LogP contribution in [0.3, 0.4) is 0 Å². The second kappa shape index (κ2) is 8.39. The van der Waals surface area contributed by atoms with Gasteiger partial charge in [0.1, 0.15) is 0 Å². The lowest BCUT2D eigenvalue weighted by atomic mass is 10.2. The van der Waals surface area contributed by atoms with Gasteiger partial charge in [0, 0.05) is 30.4 Å². The van der Waals surface area contributed by atoms with E-state index in [1.165, 1.54) is 10.4 Å². The molecule has 1 rings (SSSR count). The van der Waals surface area contributed by atoms with E-state index in [0.717, 1.165) is 17.9 Å². The van der Waals surface area contributed by atoms with Crippen LogP contribution in [-0.4, -0.2) is 44.4 Å². The molecule has 0 aliphatic carbocycles. The minimum absolute atomic E-state index is 0.0646. The Morgan fingerprint density at radius 3 is 2.62 bits per heavy atom. The SMILES string of the molecule is CCNCc1ccc(S(=O)(=O)N(C)C(C)CSC)cc1Cl. The summed E-state index contributed by atoms with van der Waals surface area (Å²) in [6, 6.07) is 4.86. The van der Waals surface area contributed by atoms with Gasteiger partial charge in [0.2, 0.25) is 10.0 Å². The van der Waals surface area contributed by atoms with Gasteiger partial charge in [-0.25, -0.2) is 8.42 Å². The Balaban J connectivity index is 3.01. The standard InChI is InChI=1S/C14H23ClN2O2S2/c1-5-16-9-12-6-7-13(8-14(12)15)21(18,19)17(3)11(2)10-20-4/h6-8,11,16H,5,9-10H2,1-4H3. The average molecular weight is 351 g/mol. The third-order valence-electron chi connectivity index (χ3n) is 3.30. The Morgan fingerprint density at radius 2 is 2.10 bits per heavy atom.